The Balaban J connectivity index is 2.00. The minimum absolute atomic E-state index is 0.0186. The first-order valence-electron chi connectivity index (χ1n) is 8.00. The van der Waals surface area contributed by atoms with Crippen LogP contribution < -0.4 is 4.90 Å². The van der Waals surface area contributed by atoms with Crippen LogP contribution in [-0.4, -0.2) is 20.9 Å². The number of aromatic nitrogens is 3. The minimum atomic E-state index is -0.421. The third-order valence-electron chi connectivity index (χ3n) is 4.50. The fourth-order valence-corrected chi connectivity index (χ4v) is 3.20. The molecule has 4 rings (SSSR count). The van der Waals surface area contributed by atoms with Crippen LogP contribution in [-0.2, 0) is 4.79 Å². The average molecular weight is 318 g/mol. The van der Waals surface area contributed by atoms with Crippen LogP contribution in [0.3, 0.4) is 0 Å². The van der Waals surface area contributed by atoms with Crippen molar-refractivity contribution >= 4 is 17.3 Å². The first-order chi connectivity index (χ1) is 11.6. The summed E-state index contributed by atoms with van der Waals surface area (Å²) in [6.07, 6.45) is 0. The zero-order valence-corrected chi connectivity index (χ0v) is 13.9. The van der Waals surface area contributed by atoms with Gasteiger partial charge in [-0.2, -0.15) is 0 Å². The second kappa shape index (κ2) is 5.30. The van der Waals surface area contributed by atoms with Gasteiger partial charge < -0.3 is 0 Å². The predicted molar refractivity (Wildman–Crippen MR) is 93.2 cm³/mol. The van der Waals surface area contributed by atoms with Crippen LogP contribution in [0.1, 0.15) is 24.2 Å². The van der Waals surface area contributed by atoms with E-state index in [1.165, 1.54) is 0 Å². The van der Waals surface area contributed by atoms with Gasteiger partial charge in [0.1, 0.15) is 6.04 Å². The quantitative estimate of drug-likeness (QED) is 0.686. The molecule has 1 aliphatic rings. The SMILES string of the molecule is Cc1ccc(N2C(=O)[C@H](C)n3nnc(C)c3-c3ccccc32)cc1. The highest BCUT2D eigenvalue weighted by molar-refractivity contribution is 6.07. The van der Waals surface area contributed by atoms with Gasteiger partial charge in [0.2, 0.25) is 0 Å². The van der Waals surface area contributed by atoms with Crippen molar-refractivity contribution in [3.8, 4) is 11.3 Å². The van der Waals surface area contributed by atoms with Crippen molar-refractivity contribution in [2.24, 2.45) is 0 Å². The summed E-state index contributed by atoms with van der Waals surface area (Å²) in [4.78, 5) is 15.0. The maximum Gasteiger partial charge on any atom is 0.256 e. The zero-order chi connectivity index (χ0) is 16.8. The fraction of sp³-hybridized carbons (Fsp3) is 0.211. The van der Waals surface area contributed by atoms with E-state index in [2.05, 4.69) is 10.3 Å². The van der Waals surface area contributed by atoms with Gasteiger partial charge in [0.25, 0.3) is 5.91 Å². The molecule has 120 valence electrons. The van der Waals surface area contributed by atoms with E-state index in [0.717, 1.165) is 33.9 Å². The molecule has 0 radical (unpaired) electrons. The standard InChI is InChI=1S/C19H18N4O/c1-12-8-10-15(11-9-12)22-17-7-5-4-6-16(17)18-13(2)20-21-23(18)14(3)19(22)24/h4-11,14H,1-3H3/t14-/m0/s1. The molecule has 0 saturated carbocycles. The van der Waals surface area contributed by atoms with Gasteiger partial charge in [-0.1, -0.05) is 41.1 Å². The Kier molecular flexibility index (Phi) is 3.23. The molecule has 0 spiro atoms. The van der Waals surface area contributed by atoms with E-state index in [9.17, 15) is 4.79 Å². The maximum atomic E-state index is 13.2. The monoisotopic (exact) mass is 318 g/mol. The second-order valence-electron chi connectivity index (χ2n) is 6.17. The van der Waals surface area contributed by atoms with Gasteiger partial charge in [-0.25, -0.2) is 4.68 Å². The number of para-hydroxylation sites is 1. The van der Waals surface area contributed by atoms with Crippen LogP contribution in [0.4, 0.5) is 11.4 Å². The van der Waals surface area contributed by atoms with Crippen molar-refractivity contribution in [3.05, 3.63) is 59.8 Å². The largest absolute Gasteiger partial charge is 0.279 e. The number of benzene rings is 2. The molecular formula is C19H18N4O. The molecule has 0 bridgehead atoms. The molecule has 0 aliphatic carbocycles. The van der Waals surface area contributed by atoms with Crippen molar-refractivity contribution in [3.63, 3.8) is 0 Å². The van der Waals surface area contributed by atoms with Crippen molar-refractivity contribution in [2.45, 2.75) is 26.8 Å². The van der Waals surface area contributed by atoms with Gasteiger partial charge in [-0.15, -0.1) is 5.10 Å². The summed E-state index contributed by atoms with van der Waals surface area (Å²) < 4.78 is 1.73. The van der Waals surface area contributed by atoms with Crippen molar-refractivity contribution in [1.29, 1.82) is 0 Å². The van der Waals surface area contributed by atoms with Crippen LogP contribution in [0, 0.1) is 13.8 Å². The number of carbonyl (C=O) groups excluding carboxylic acids is 1. The molecule has 24 heavy (non-hydrogen) atoms. The number of aryl methyl sites for hydroxylation is 2. The molecule has 2 heterocycles. The number of amides is 1. The molecule has 5 heteroatoms. The van der Waals surface area contributed by atoms with E-state index < -0.39 is 6.04 Å². The molecule has 0 fully saturated rings. The van der Waals surface area contributed by atoms with Gasteiger partial charge >= 0.3 is 0 Å². The Hall–Kier alpha value is -2.95. The lowest BCUT2D eigenvalue weighted by molar-refractivity contribution is -0.120. The van der Waals surface area contributed by atoms with Crippen molar-refractivity contribution in [1.82, 2.24) is 15.0 Å². The predicted octanol–water partition coefficient (Wildman–Crippen LogP) is 3.80. The third-order valence-corrected chi connectivity index (χ3v) is 4.50. The summed E-state index contributed by atoms with van der Waals surface area (Å²) >= 11 is 0. The molecule has 0 saturated heterocycles. The van der Waals surface area contributed by atoms with Crippen LogP contribution in [0.25, 0.3) is 11.3 Å². The molecule has 5 nitrogen and oxygen atoms in total. The summed E-state index contributed by atoms with van der Waals surface area (Å²) in [5.41, 5.74) is 5.59. The molecular weight excluding hydrogens is 300 g/mol. The van der Waals surface area contributed by atoms with E-state index in [1.807, 2.05) is 69.3 Å². The highest BCUT2D eigenvalue weighted by Crippen LogP contribution is 2.41. The van der Waals surface area contributed by atoms with Crippen molar-refractivity contribution < 1.29 is 4.79 Å². The lowest BCUT2D eigenvalue weighted by Crippen LogP contribution is -2.31. The number of carbonyl (C=O) groups is 1. The molecule has 1 amide bonds. The number of hydrogen-bond donors (Lipinski definition) is 0. The van der Waals surface area contributed by atoms with Gasteiger partial charge in [0.15, 0.2) is 0 Å². The Morgan fingerprint density at radius 3 is 2.46 bits per heavy atom. The Morgan fingerprint density at radius 1 is 1.00 bits per heavy atom. The lowest BCUT2D eigenvalue weighted by Gasteiger charge is -2.24. The first-order valence-corrected chi connectivity index (χ1v) is 8.00. The number of rotatable bonds is 1. The van der Waals surface area contributed by atoms with Crippen LogP contribution in [0.5, 0.6) is 0 Å². The summed E-state index contributed by atoms with van der Waals surface area (Å²) in [5, 5.41) is 8.38. The number of fused-ring (bicyclic) bond motifs is 3. The van der Waals surface area contributed by atoms with Crippen LogP contribution in [0.15, 0.2) is 48.5 Å². The van der Waals surface area contributed by atoms with Gasteiger partial charge in [-0.3, -0.25) is 9.69 Å². The van der Waals surface area contributed by atoms with Crippen LogP contribution >= 0.6 is 0 Å². The molecule has 0 N–H and O–H groups in total. The lowest BCUT2D eigenvalue weighted by atomic mass is 10.1. The summed E-state index contributed by atoms with van der Waals surface area (Å²) in [5.74, 6) is -0.0186. The third kappa shape index (κ3) is 2.05. The minimum Gasteiger partial charge on any atom is -0.279 e. The summed E-state index contributed by atoms with van der Waals surface area (Å²) in [7, 11) is 0. The Morgan fingerprint density at radius 2 is 1.71 bits per heavy atom. The van der Waals surface area contributed by atoms with Gasteiger partial charge in [-0.05, 0) is 39.0 Å². The van der Waals surface area contributed by atoms with Crippen molar-refractivity contribution in [2.75, 3.05) is 4.90 Å². The normalized spacial score (nSPS) is 16.5. The summed E-state index contributed by atoms with van der Waals surface area (Å²) in [6.45, 7) is 5.83. The van der Waals surface area contributed by atoms with E-state index in [4.69, 9.17) is 0 Å². The Bertz CT molecular complexity index is 927. The highest BCUT2D eigenvalue weighted by Gasteiger charge is 2.34. The van der Waals surface area contributed by atoms with Gasteiger partial charge in [0.05, 0.1) is 17.1 Å². The van der Waals surface area contributed by atoms with E-state index in [-0.39, 0.29) is 5.91 Å². The van der Waals surface area contributed by atoms with E-state index >= 15 is 0 Å². The van der Waals surface area contributed by atoms with E-state index in [0.29, 0.717) is 0 Å². The Labute approximate surface area is 140 Å². The average Bonchev–Trinajstić information content (AvgIpc) is 2.94. The highest BCUT2D eigenvalue weighted by atomic mass is 16.2. The molecule has 1 aliphatic heterocycles. The molecule has 1 atom stereocenters. The fourth-order valence-electron chi connectivity index (χ4n) is 3.20. The number of hydrogen-bond acceptors (Lipinski definition) is 3. The number of anilines is 2. The van der Waals surface area contributed by atoms with Crippen LogP contribution in [0.2, 0.25) is 0 Å². The maximum absolute atomic E-state index is 13.2. The smallest absolute Gasteiger partial charge is 0.256 e. The zero-order valence-electron chi connectivity index (χ0n) is 13.9. The van der Waals surface area contributed by atoms with Gasteiger partial charge in [0, 0.05) is 11.3 Å². The second-order valence-corrected chi connectivity index (χ2v) is 6.17. The summed E-state index contributed by atoms with van der Waals surface area (Å²) in [6, 6.07) is 15.5. The topological polar surface area (TPSA) is 51.0 Å². The molecule has 3 aromatic rings. The first kappa shape index (κ1) is 14.6. The number of nitrogens with zero attached hydrogens (tertiary/aromatic N) is 4. The molecule has 0 unspecified atom stereocenters. The molecule has 2 aromatic carbocycles. The molecule has 1 aromatic heterocycles. The van der Waals surface area contributed by atoms with E-state index in [1.54, 1.807) is 9.58 Å².